The Bertz CT molecular complexity index is 647. The molecular weight excluding hydrogens is 264 g/mol. The van der Waals surface area contributed by atoms with Crippen LogP contribution in [0.25, 0.3) is 11.2 Å². The van der Waals surface area contributed by atoms with E-state index in [2.05, 4.69) is 20.1 Å². The molecule has 0 aliphatic heterocycles. The highest BCUT2D eigenvalue weighted by Gasteiger charge is 2.08. The van der Waals surface area contributed by atoms with Crippen molar-refractivity contribution in [1.82, 2.24) is 19.5 Å². The number of nitrogens with two attached hydrogens (primary N) is 1. The molecule has 0 saturated carbocycles. The van der Waals surface area contributed by atoms with Crippen LogP contribution in [0.5, 0.6) is 0 Å². The van der Waals surface area contributed by atoms with Crippen molar-refractivity contribution < 1.29 is 9.57 Å². The summed E-state index contributed by atoms with van der Waals surface area (Å²) < 4.78 is 6.97. The number of oxime groups is 1. The number of nitrogens with one attached hydrogen (secondary N) is 1. The zero-order valence-corrected chi connectivity index (χ0v) is 11.1. The third kappa shape index (κ3) is 3.32. The zero-order chi connectivity index (χ0) is 14.4. The van der Waals surface area contributed by atoms with Gasteiger partial charge >= 0.3 is 0 Å². The lowest BCUT2D eigenvalue weighted by Gasteiger charge is -2.05. The Morgan fingerprint density at radius 1 is 1.55 bits per heavy atom. The molecule has 2 aromatic heterocycles. The lowest BCUT2D eigenvalue weighted by molar-refractivity contribution is 0.0221. The molecule has 0 bridgehead atoms. The Hall–Kier alpha value is -2.42. The number of nitrogen functional groups attached to an aromatic ring is 1. The molecule has 108 valence electrons. The second kappa shape index (κ2) is 6.66. The maximum atomic E-state index is 11.6. The molecule has 0 aliphatic rings. The van der Waals surface area contributed by atoms with E-state index in [-0.39, 0.29) is 23.8 Å². The largest absolute Gasteiger partial charge is 0.394 e. The maximum absolute atomic E-state index is 11.6. The van der Waals surface area contributed by atoms with Gasteiger partial charge in [-0.05, 0) is 6.42 Å². The van der Waals surface area contributed by atoms with Gasteiger partial charge in [-0.1, -0.05) is 12.1 Å². The zero-order valence-electron chi connectivity index (χ0n) is 11.1. The van der Waals surface area contributed by atoms with Gasteiger partial charge in [0, 0.05) is 6.21 Å². The van der Waals surface area contributed by atoms with Gasteiger partial charge in [0.2, 0.25) is 5.95 Å². The van der Waals surface area contributed by atoms with Gasteiger partial charge in [0.15, 0.2) is 11.2 Å². The fourth-order valence-corrected chi connectivity index (χ4v) is 1.50. The predicted molar refractivity (Wildman–Crippen MR) is 73.2 cm³/mol. The third-order valence-electron chi connectivity index (χ3n) is 2.37. The molecule has 0 fully saturated rings. The molecule has 0 amide bonds. The minimum Gasteiger partial charge on any atom is -0.394 e. The van der Waals surface area contributed by atoms with Crippen molar-refractivity contribution in [3.05, 3.63) is 16.7 Å². The van der Waals surface area contributed by atoms with Gasteiger partial charge in [-0.25, -0.2) is 4.98 Å². The van der Waals surface area contributed by atoms with Crippen LogP contribution in [-0.2, 0) is 16.3 Å². The highest BCUT2D eigenvalue weighted by Crippen LogP contribution is 2.06. The van der Waals surface area contributed by atoms with E-state index < -0.39 is 0 Å². The van der Waals surface area contributed by atoms with Gasteiger partial charge in [-0.3, -0.25) is 14.3 Å². The average molecular weight is 280 g/mol. The predicted octanol–water partition coefficient (Wildman–Crippen LogP) is 0.0883. The van der Waals surface area contributed by atoms with Gasteiger partial charge in [0.25, 0.3) is 5.56 Å². The van der Waals surface area contributed by atoms with E-state index in [0.29, 0.717) is 18.9 Å². The second-order valence-electron chi connectivity index (χ2n) is 3.90. The smallest absolute Gasteiger partial charge is 0.280 e. The number of hydrogen-bond donors (Lipinski definition) is 2. The third-order valence-corrected chi connectivity index (χ3v) is 2.37. The second-order valence-corrected chi connectivity index (χ2v) is 3.90. The summed E-state index contributed by atoms with van der Waals surface area (Å²) in [6.45, 7) is 2.87. The van der Waals surface area contributed by atoms with E-state index in [0.717, 1.165) is 6.42 Å². The van der Waals surface area contributed by atoms with Crippen molar-refractivity contribution in [2.24, 2.45) is 5.16 Å². The lowest BCUT2D eigenvalue weighted by Crippen LogP contribution is -2.13. The fraction of sp³-hybridized carbons (Fsp3) is 0.455. The number of aromatic amines is 1. The first-order valence-corrected chi connectivity index (χ1v) is 6.14. The standard InChI is InChI=1S/C11H16N6O3/c1-2-3-14-20-5-4-19-7-17-6-13-8-9(17)15-11(12)16-10(8)18/h3,6H,2,4-5,7H2,1H3,(H3,12,15,16,18)/b14-3+. The SMILES string of the molecule is CC/C=N/OCCOCn1cnc2c(=O)[nH]c(N)nc21. The van der Waals surface area contributed by atoms with Crippen molar-refractivity contribution in [3.8, 4) is 0 Å². The fourth-order valence-electron chi connectivity index (χ4n) is 1.50. The molecular formula is C11H16N6O3. The van der Waals surface area contributed by atoms with Crippen molar-refractivity contribution in [1.29, 1.82) is 0 Å². The molecule has 0 atom stereocenters. The number of hydrogen-bond acceptors (Lipinski definition) is 7. The molecule has 0 saturated heterocycles. The number of H-pyrrole nitrogens is 1. The first-order chi connectivity index (χ1) is 9.72. The average Bonchev–Trinajstić information content (AvgIpc) is 2.81. The van der Waals surface area contributed by atoms with E-state index in [9.17, 15) is 4.79 Å². The van der Waals surface area contributed by atoms with Crippen LogP contribution in [0.15, 0.2) is 16.3 Å². The molecule has 0 aliphatic carbocycles. The van der Waals surface area contributed by atoms with E-state index in [1.54, 1.807) is 10.8 Å². The summed E-state index contributed by atoms with van der Waals surface area (Å²) in [5, 5.41) is 3.70. The summed E-state index contributed by atoms with van der Waals surface area (Å²) >= 11 is 0. The normalized spacial score (nSPS) is 11.4. The summed E-state index contributed by atoms with van der Waals surface area (Å²) in [5.74, 6) is 0.0430. The summed E-state index contributed by atoms with van der Waals surface area (Å²) in [7, 11) is 0. The quantitative estimate of drug-likeness (QED) is 0.421. The van der Waals surface area contributed by atoms with E-state index in [1.165, 1.54) is 6.33 Å². The number of nitrogens with zero attached hydrogens (tertiary/aromatic N) is 4. The van der Waals surface area contributed by atoms with Crippen LogP contribution in [0.4, 0.5) is 5.95 Å². The highest BCUT2D eigenvalue weighted by atomic mass is 16.6. The molecule has 9 nitrogen and oxygen atoms in total. The molecule has 3 N–H and O–H groups in total. The number of ether oxygens (including phenoxy) is 1. The van der Waals surface area contributed by atoms with Crippen molar-refractivity contribution in [2.45, 2.75) is 20.1 Å². The van der Waals surface area contributed by atoms with Crippen molar-refractivity contribution >= 4 is 23.3 Å². The van der Waals surface area contributed by atoms with Crippen LogP contribution in [-0.4, -0.2) is 38.9 Å². The van der Waals surface area contributed by atoms with Crippen molar-refractivity contribution in [3.63, 3.8) is 0 Å². The minimum atomic E-state index is -0.372. The van der Waals surface area contributed by atoms with E-state index >= 15 is 0 Å². The van der Waals surface area contributed by atoms with Gasteiger partial charge in [-0.2, -0.15) is 4.98 Å². The summed E-state index contributed by atoms with van der Waals surface area (Å²) in [6.07, 6.45) is 3.97. The van der Waals surface area contributed by atoms with Crippen molar-refractivity contribution in [2.75, 3.05) is 18.9 Å². The first kappa shape index (κ1) is 14.0. The van der Waals surface area contributed by atoms with Crippen LogP contribution in [0.2, 0.25) is 0 Å². The molecule has 0 unspecified atom stereocenters. The monoisotopic (exact) mass is 280 g/mol. The van der Waals surface area contributed by atoms with Gasteiger partial charge in [0.05, 0.1) is 12.9 Å². The molecule has 2 aromatic rings. The minimum absolute atomic E-state index is 0.0430. The summed E-state index contributed by atoms with van der Waals surface area (Å²) in [4.78, 5) is 26.9. The highest BCUT2D eigenvalue weighted by molar-refractivity contribution is 5.70. The maximum Gasteiger partial charge on any atom is 0.280 e. The molecule has 2 rings (SSSR count). The van der Waals surface area contributed by atoms with Gasteiger partial charge in [0.1, 0.15) is 13.3 Å². The number of rotatable bonds is 7. The molecule has 9 heteroatoms. The molecule has 0 aromatic carbocycles. The Kier molecular flexibility index (Phi) is 4.66. The summed E-state index contributed by atoms with van der Waals surface area (Å²) in [5.41, 5.74) is 5.73. The van der Waals surface area contributed by atoms with E-state index in [4.69, 9.17) is 15.3 Å². The number of fused-ring (bicyclic) bond motifs is 1. The topological polar surface area (TPSA) is 120 Å². The Morgan fingerprint density at radius 2 is 2.40 bits per heavy atom. The van der Waals surface area contributed by atoms with Crippen LogP contribution in [0.3, 0.4) is 0 Å². The molecule has 20 heavy (non-hydrogen) atoms. The molecule has 0 spiro atoms. The van der Waals surface area contributed by atoms with Gasteiger partial charge < -0.3 is 15.3 Å². The number of imidazole rings is 1. The van der Waals surface area contributed by atoms with Gasteiger partial charge in [-0.15, -0.1) is 0 Å². The van der Waals surface area contributed by atoms with E-state index in [1.807, 2.05) is 6.92 Å². The molecule has 0 radical (unpaired) electrons. The van der Waals surface area contributed by atoms with Crippen LogP contribution >= 0.6 is 0 Å². The number of anilines is 1. The van der Waals surface area contributed by atoms with Crippen LogP contribution in [0, 0.1) is 0 Å². The Morgan fingerprint density at radius 3 is 3.20 bits per heavy atom. The first-order valence-electron chi connectivity index (χ1n) is 6.14. The molecule has 2 heterocycles. The summed E-state index contributed by atoms with van der Waals surface area (Å²) in [6, 6.07) is 0. The lowest BCUT2D eigenvalue weighted by atomic mass is 10.5. The Balaban J connectivity index is 1.91. The Labute approximate surface area is 114 Å². The van der Waals surface area contributed by atoms with Crippen LogP contribution < -0.4 is 11.3 Å². The van der Waals surface area contributed by atoms with Crippen LogP contribution in [0.1, 0.15) is 13.3 Å². The number of aromatic nitrogens is 4.